The van der Waals surface area contributed by atoms with Gasteiger partial charge in [0.15, 0.2) is 0 Å². The van der Waals surface area contributed by atoms with Crippen LogP contribution in [0.1, 0.15) is 18.4 Å². The molecule has 1 aliphatic rings. The van der Waals surface area contributed by atoms with Crippen LogP contribution in [0.4, 0.5) is 0 Å². The Bertz CT molecular complexity index is 347. The van der Waals surface area contributed by atoms with Gasteiger partial charge < -0.3 is 10.1 Å². The molecule has 0 radical (unpaired) electrons. The SMILES string of the molecule is C#Cc1ccc(OC2CCNCC2)nc1. The number of piperidine rings is 1. The van der Waals surface area contributed by atoms with E-state index in [1.54, 1.807) is 6.20 Å². The van der Waals surface area contributed by atoms with Crippen molar-refractivity contribution in [1.29, 1.82) is 0 Å². The van der Waals surface area contributed by atoms with Crippen molar-refractivity contribution in [3.63, 3.8) is 0 Å². The third-order valence-electron chi connectivity index (χ3n) is 2.48. The first-order valence-electron chi connectivity index (χ1n) is 5.18. The van der Waals surface area contributed by atoms with Gasteiger partial charge in [-0.15, -0.1) is 6.42 Å². The molecule has 1 aromatic heterocycles. The van der Waals surface area contributed by atoms with Gasteiger partial charge in [0.25, 0.3) is 0 Å². The lowest BCUT2D eigenvalue weighted by atomic mass is 10.1. The van der Waals surface area contributed by atoms with Crippen LogP contribution in [0, 0.1) is 12.3 Å². The first kappa shape index (κ1) is 10.0. The Morgan fingerprint density at radius 1 is 1.40 bits per heavy atom. The van der Waals surface area contributed by atoms with Crippen molar-refractivity contribution in [2.75, 3.05) is 13.1 Å². The number of hydrogen-bond acceptors (Lipinski definition) is 3. The number of aromatic nitrogens is 1. The minimum Gasteiger partial charge on any atom is -0.474 e. The smallest absolute Gasteiger partial charge is 0.213 e. The molecule has 1 aromatic rings. The molecule has 2 rings (SSSR count). The largest absolute Gasteiger partial charge is 0.474 e. The van der Waals surface area contributed by atoms with E-state index in [9.17, 15) is 0 Å². The number of ether oxygens (including phenoxy) is 1. The predicted octanol–water partition coefficient (Wildman–Crippen LogP) is 1.19. The van der Waals surface area contributed by atoms with E-state index in [0.717, 1.165) is 31.5 Å². The standard InChI is InChI=1S/C12H14N2O/c1-2-10-3-4-12(14-9-10)15-11-5-7-13-8-6-11/h1,3-4,9,11,13H,5-8H2. The quantitative estimate of drug-likeness (QED) is 0.732. The zero-order chi connectivity index (χ0) is 10.5. The van der Waals surface area contributed by atoms with Crippen LogP contribution in [0.3, 0.4) is 0 Å². The van der Waals surface area contributed by atoms with Crippen LogP contribution >= 0.6 is 0 Å². The fourth-order valence-corrected chi connectivity index (χ4v) is 1.62. The van der Waals surface area contributed by atoms with Crippen LogP contribution in [0.15, 0.2) is 18.3 Å². The number of nitrogens with zero attached hydrogens (tertiary/aromatic N) is 1. The highest BCUT2D eigenvalue weighted by molar-refractivity contribution is 5.31. The molecule has 0 spiro atoms. The van der Waals surface area contributed by atoms with Gasteiger partial charge in [0, 0.05) is 17.8 Å². The van der Waals surface area contributed by atoms with E-state index in [1.165, 1.54) is 0 Å². The van der Waals surface area contributed by atoms with E-state index in [0.29, 0.717) is 5.88 Å². The van der Waals surface area contributed by atoms with Crippen molar-refractivity contribution in [3.05, 3.63) is 23.9 Å². The van der Waals surface area contributed by atoms with Crippen molar-refractivity contribution in [3.8, 4) is 18.2 Å². The third kappa shape index (κ3) is 2.71. The second-order valence-corrected chi connectivity index (χ2v) is 3.60. The maximum atomic E-state index is 5.74. The summed E-state index contributed by atoms with van der Waals surface area (Å²) >= 11 is 0. The maximum absolute atomic E-state index is 5.74. The lowest BCUT2D eigenvalue weighted by Gasteiger charge is -2.23. The van der Waals surface area contributed by atoms with Gasteiger partial charge in [0.1, 0.15) is 6.10 Å². The number of terminal acetylenes is 1. The minimum absolute atomic E-state index is 0.287. The van der Waals surface area contributed by atoms with Gasteiger partial charge >= 0.3 is 0 Å². The molecule has 3 nitrogen and oxygen atoms in total. The van der Waals surface area contributed by atoms with Crippen molar-refractivity contribution < 1.29 is 4.74 Å². The van der Waals surface area contributed by atoms with Crippen LogP contribution in [0.5, 0.6) is 5.88 Å². The molecule has 0 atom stereocenters. The molecule has 0 bridgehead atoms. The highest BCUT2D eigenvalue weighted by atomic mass is 16.5. The Labute approximate surface area is 89.9 Å². The summed E-state index contributed by atoms with van der Waals surface area (Å²) in [5.74, 6) is 3.20. The molecule has 2 heterocycles. The van der Waals surface area contributed by atoms with Crippen LogP contribution in [-0.4, -0.2) is 24.2 Å². The fourth-order valence-electron chi connectivity index (χ4n) is 1.62. The first-order chi connectivity index (χ1) is 7.38. The van der Waals surface area contributed by atoms with Gasteiger partial charge in [0.05, 0.1) is 0 Å². The topological polar surface area (TPSA) is 34.1 Å². The average molecular weight is 202 g/mol. The Hall–Kier alpha value is -1.53. The number of nitrogens with one attached hydrogen (secondary N) is 1. The van der Waals surface area contributed by atoms with Gasteiger partial charge in [-0.3, -0.25) is 0 Å². The molecule has 15 heavy (non-hydrogen) atoms. The van der Waals surface area contributed by atoms with Gasteiger partial charge in [-0.1, -0.05) is 5.92 Å². The zero-order valence-corrected chi connectivity index (χ0v) is 8.57. The van der Waals surface area contributed by atoms with E-state index >= 15 is 0 Å². The molecule has 1 saturated heterocycles. The molecule has 0 amide bonds. The zero-order valence-electron chi connectivity index (χ0n) is 8.57. The second kappa shape index (κ2) is 4.81. The lowest BCUT2D eigenvalue weighted by molar-refractivity contribution is 0.156. The fraction of sp³-hybridized carbons (Fsp3) is 0.417. The molecule has 1 fully saturated rings. The van der Waals surface area contributed by atoms with Crippen LogP contribution in [-0.2, 0) is 0 Å². The summed E-state index contributed by atoms with van der Waals surface area (Å²) in [7, 11) is 0. The summed E-state index contributed by atoms with van der Waals surface area (Å²) in [4.78, 5) is 4.16. The van der Waals surface area contributed by atoms with E-state index in [2.05, 4.69) is 16.2 Å². The summed E-state index contributed by atoms with van der Waals surface area (Å²) in [6, 6.07) is 3.68. The molecule has 0 aromatic carbocycles. The van der Waals surface area contributed by atoms with Crippen LogP contribution in [0.25, 0.3) is 0 Å². The van der Waals surface area contributed by atoms with Crippen molar-refractivity contribution in [1.82, 2.24) is 10.3 Å². The monoisotopic (exact) mass is 202 g/mol. The molecule has 0 saturated carbocycles. The number of hydrogen-bond donors (Lipinski definition) is 1. The van der Waals surface area contributed by atoms with Gasteiger partial charge in [-0.25, -0.2) is 4.98 Å². The van der Waals surface area contributed by atoms with Gasteiger partial charge in [-0.2, -0.15) is 0 Å². The maximum Gasteiger partial charge on any atom is 0.213 e. The number of rotatable bonds is 2. The highest BCUT2D eigenvalue weighted by Gasteiger charge is 2.14. The van der Waals surface area contributed by atoms with Crippen molar-refractivity contribution in [2.45, 2.75) is 18.9 Å². The van der Waals surface area contributed by atoms with Crippen molar-refractivity contribution in [2.24, 2.45) is 0 Å². The van der Waals surface area contributed by atoms with E-state index in [-0.39, 0.29) is 6.10 Å². The normalized spacial score (nSPS) is 17.0. The summed E-state index contributed by atoms with van der Waals surface area (Å²) < 4.78 is 5.74. The molecule has 0 unspecified atom stereocenters. The molecule has 78 valence electrons. The average Bonchev–Trinajstić information content (AvgIpc) is 2.31. The number of pyridine rings is 1. The summed E-state index contributed by atoms with van der Waals surface area (Å²) in [5.41, 5.74) is 0.785. The molecular formula is C12H14N2O. The Kier molecular flexibility index (Phi) is 3.21. The van der Waals surface area contributed by atoms with Gasteiger partial charge in [-0.05, 0) is 32.0 Å². The third-order valence-corrected chi connectivity index (χ3v) is 2.48. The minimum atomic E-state index is 0.287. The predicted molar refractivity (Wildman–Crippen MR) is 58.7 cm³/mol. The van der Waals surface area contributed by atoms with Crippen LogP contribution < -0.4 is 10.1 Å². The second-order valence-electron chi connectivity index (χ2n) is 3.60. The summed E-state index contributed by atoms with van der Waals surface area (Å²) in [5, 5.41) is 3.29. The van der Waals surface area contributed by atoms with E-state index in [1.807, 2.05) is 12.1 Å². The van der Waals surface area contributed by atoms with E-state index in [4.69, 9.17) is 11.2 Å². The molecule has 1 N–H and O–H groups in total. The van der Waals surface area contributed by atoms with E-state index < -0.39 is 0 Å². The van der Waals surface area contributed by atoms with Gasteiger partial charge in [0.2, 0.25) is 5.88 Å². The first-order valence-corrected chi connectivity index (χ1v) is 5.18. The molecule has 0 aliphatic carbocycles. The lowest BCUT2D eigenvalue weighted by Crippen LogP contribution is -2.34. The van der Waals surface area contributed by atoms with Crippen LogP contribution in [0.2, 0.25) is 0 Å². The highest BCUT2D eigenvalue weighted by Crippen LogP contribution is 2.13. The Morgan fingerprint density at radius 3 is 2.80 bits per heavy atom. The Morgan fingerprint density at radius 2 is 2.20 bits per heavy atom. The van der Waals surface area contributed by atoms with Crippen molar-refractivity contribution >= 4 is 0 Å². The summed E-state index contributed by atoms with van der Waals surface area (Å²) in [6.07, 6.45) is 9.28. The molecule has 3 heteroatoms. The molecular weight excluding hydrogens is 188 g/mol. The molecule has 1 aliphatic heterocycles. The Balaban J connectivity index is 1.95. The summed E-state index contributed by atoms with van der Waals surface area (Å²) in [6.45, 7) is 2.04.